The first-order chi connectivity index (χ1) is 6.13. The van der Waals surface area contributed by atoms with Gasteiger partial charge >= 0.3 is 0 Å². The van der Waals surface area contributed by atoms with Gasteiger partial charge in [0.15, 0.2) is 5.82 Å². The zero-order valence-corrected chi connectivity index (χ0v) is 8.53. The molecule has 0 atom stereocenters. The molecular formula is C9H15N3O. The Morgan fingerprint density at radius 2 is 2.00 bits per heavy atom. The molecule has 1 heterocycles. The van der Waals surface area contributed by atoms with Crippen LogP contribution in [-0.2, 0) is 6.42 Å². The van der Waals surface area contributed by atoms with Crippen molar-refractivity contribution in [3.8, 4) is 5.88 Å². The zero-order valence-electron chi connectivity index (χ0n) is 8.53. The Balaban J connectivity index is 2.86. The first-order valence-corrected chi connectivity index (χ1v) is 4.37. The van der Waals surface area contributed by atoms with Gasteiger partial charge in [0.2, 0.25) is 5.88 Å². The number of aryl methyl sites for hydroxylation is 1. The van der Waals surface area contributed by atoms with Crippen LogP contribution in [0.2, 0.25) is 0 Å². The summed E-state index contributed by atoms with van der Waals surface area (Å²) in [5.41, 5.74) is 0.731. The van der Waals surface area contributed by atoms with Crippen molar-refractivity contribution in [2.45, 2.75) is 27.2 Å². The molecule has 0 fully saturated rings. The number of hydrogen-bond donors (Lipinski definition) is 0. The largest absolute Gasteiger partial charge is 0.480 e. The standard InChI is InChI=1S/C9H15N3O/c1-6(2)5-8-10-9(13-4)7(3)11-12-8/h6H,5H2,1-4H3. The summed E-state index contributed by atoms with van der Waals surface area (Å²) in [6.45, 7) is 6.07. The molecule has 0 radical (unpaired) electrons. The van der Waals surface area contributed by atoms with Gasteiger partial charge in [0, 0.05) is 6.42 Å². The Bertz CT molecular complexity index is 286. The van der Waals surface area contributed by atoms with E-state index in [0.29, 0.717) is 11.8 Å². The van der Waals surface area contributed by atoms with Gasteiger partial charge in [-0.25, -0.2) is 0 Å². The predicted molar refractivity (Wildman–Crippen MR) is 49.7 cm³/mol. The lowest BCUT2D eigenvalue weighted by atomic mass is 10.1. The number of nitrogens with zero attached hydrogens (tertiary/aromatic N) is 3. The summed E-state index contributed by atoms with van der Waals surface area (Å²) in [5.74, 6) is 1.86. The second-order valence-corrected chi connectivity index (χ2v) is 3.42. The van der Waals surface area contributed by atoms with Crippen LogP contribution in [0.25, 0.3) is 0 Å². The fraction of sp³-hybridized carbons (Fsp3) is 0.667. The van der Waals surface area contributed by atoms with E-state index in [4.69, 9.17) is 4.74 Å². The molecule has 1 aromatic rings. The van der Waals surface area contributed by atoms with E-state index in [0.717, 1.165) is 17.9 Å². The van der Waals surface area contributed by atoms with Crippen molar-refractivity contribution >= 4 is 0 Å². The van der Waals surface area contributed by atoms with Crippen molar-refractivity contribution in [2.24, 2.45) is 5.92 Å². The van der Waals surface area contributed by atoms with Crippen LogP contribution < -0.4 is 4.74 Å². The maximum Gasteiger partial charge on any atom is 0.238 e. The highest BCUT2D eigenvalue weighted by Crippen LogP contribution is 2.11. The summed E-state index contributed by atoms with van der Waals surface area (Å²) >= 11 is 0. The summed E-state index contributed by atoms with van der Waals surface area (Å²) in [7, 11) is 1.59. The highest BCUT2D eigenvalue weighted by molar-refractivity contribution is 5.14. The molecule has 1 rings (SSSR count). The van der Waals surface area contributed by atoms with Gasteiger partial charge in [-0.05, 0) is 12.8 Å². The lowest BCUT2D eigenvalue weighted by molar-refractivity contribution is 0.385. The second kappa shape index (κ2) is 4.16. The van der Waals surface area contributed by atoms with E-state index in [9.17, 15) is 0 Å². The first kappa shape index (κ1) is 9.89. The average molecular weight is 181 g/mol. The molecule has 4 nitrogen and oxygen atoms in total. The topological polar surface area (TPSA) is 47.9 Å². The van der Waals surface area contributed by atoms with Crippen LogP contribution in [0, 0.1) is 12.8 Å². The molecule has 0 N–H and O–H groups in total. The maximum absolute atomic E-state index is 5.05. The summed E-state index contributed by atoms with van der Waals surface area (Å²) < 4.78 is 5.05. The molecular weight excluding hydrogens is 166 g/mol. The maximum atomic E-state index is 5.05. The second-order valence-electron chi connectivity index (χ2n) is 3.42. The Morgan fingerprint density at radius 3 is 2.54 bits per heavy atom. The molecule has 0 aliphatic rings. The molecule has 1 aromatic heterocycles. The van der Waals surface area contributed by atoms with Crippen LogP contribution in [0.5, 0.6) is 5.88 Å². The third kappa shape index (κ3) is 2.65. The molecule has 0 spiro atoms. The molecule has 72 valence electrons. The van der Waals surface area contributed by atoms with Gasteiger partial charge in [-0.15, -0.1) is 10.2 Å². The minimum Gasteiger partial charge on any atom is -0.480 e. The van der Waals surface area contributed by atoms with Crippen LogP contribution in [-0.4, -0.2) is 22.3 Å². The number of aromatic nitrogens is 3. The van der Waals surface area contributed by atoms with Crippen LogP contribution in [0.1, 0.15) is 25.4 Å². The monoisotopic (exact) mass is 181 g/mol. The summed E-state index contributed by atoms with van der Waals surface area (Å²) in [6, 6.07) is 0. The summed E-state index contributed by atoms with van der Waals surface area (Å²) in [4.78, 5) is 4.24. The quantitative estimate of drug-likeness (QED) is 0.707. The molecule has 0 aromatic carbocycles. The molecule has 0 unspecified atom stereocenters. The van der Waals surface area contributed by atoms with E-state index in [-0.39, 0.29) is 0 Å². The van der Waals surface area contributed by atoms with Gasteiger partial charge in [-0.2, -0.15) is 4.98 Å². The van der Waals surface area contributed by atoms with Crippen LogP contribution >= 0.6 is 0 Å². The highest BCUT2D eigenvalue weighted by atomic mass is 16.5. The van der Waals surface area contributed by atoms with Crippen LogP contribution in [0.3, 0.4) is 0 Å². The zero-order chi connectivity index (χ0) is 9.84. The molecule has 0 amide bonds. The summed E-state index contributed by atoms with van der Waals surface area (Å²) in [5, 5.41) is 7.95. The number of hydrogen-bond acceptors (Lipinski definition) is 4. The molecule has 0 saturated heterocycles. The van der Waals surface area contributed by atoms with Crippen molar-refractivity contribution in [3.05, 3.63) is 11.5 Å². The Hall–Kier alpha value is -1.19. The lowest BCUT2D eigenvalue weighted by Gasteiger charge is -2.05. The van der Waals surface area contributed by atoms with Crippen molar-refractivity contribution < 1.29 is 4.74 Å². The van der Waals surface area contributed by atoms with Gasteiger partial charge in [0.25, 0.3) is 0 Å². The molecule has 0 saturated carbocycles. The molecule has 4 heteroatoms. The number of rotatable bonds is 3. The van der Waals surface area contributed by atoms with E-state index in [2.05, 4.69) is 29.0 Å². The van der Waals surface area contributed by atoms with E-state index >= 15 is 0 Å². The fourth-order valence-corrected chi connectivity index (χ4v) is 1.04. The molecule has 0 bridgehead atoms. The van der Waals surface area contributed by atoms with Gasteiger partial charge in [0.05, 0.1) is 7.11 Å². The van der Waals surface area contributed by atoms with Crippen molar-refractivity contribution in [1.82, 2.24) is 15.2 Å². The van der Waals surface area contributed by atoms with Crippen molar-refractivity contribution in [2.75, 3.05) is 7.11 Å². The van der Waals surface area contributed by atoms with Crippen molar-refractivity contribution in [3.63, 3.8) is 0 Å². The van der Waals surface area contributed by atoms with Crippen LogP contribution in [0.15, 0.2) is 0 Å². The lowest BCUT2D eigenvalue weighted by Crippen LogP contribution is -2.05. The minimum atomic E-state index is 0.536. The highest BCUT2D eigenvalue weighted by Gasteiger charge is 2.06. The van der Waals surface area contributed by atoms with Gasteiger partial charge in [-0.3, -0.25) is 0 Å². The smallest absolute Gasteiger partial charge is 0.238 e. The molecule has 0 aliphatic heterocycles. The van der Waals surface area contributed by atoms with E-state index in [1.807, 2.05) is 6.92 Å². The van der Waals surface area contributed by atoms with Crippen molar-refractivity contribution in [1.29, 1.82) is 0 Å². The first-order valence-electron chi connectivity index (χ1n) is 4.37. The average Bonchev–Trinajstić information content (AvgIpc) is 2.07. The number of methoxy groups -OCH3 is 1. The van der Waals surface area contributed by atoms with Gasteiger partial charge in [-0.1, -0.05) is 13.8 Å². The van der Waals surface area contributed by atoms with Gasteiger partial charge < -0.3 is 4.74 Å². The normalized spacial score (nSPS) is 10.5. The SMILES string of the molecule is COc1nc(CC(C)C)nnc1C. The predicted octanol–water partition coefficient (Wildman–Crippen LogP) is 1.39. The van der Waals surface area contributed by atoms with E-state index in [1.165, 1.54) is 0 Å². The summed E-state index contributed by atoms with van der Waals surface area (Å²) in [6.07, 6.45) is 0.837. The fourth-order valence-electron chi connectivity index (χ4n) is 1.04. The molecule has 13 heavy (non-hydrogen) atoms. The Labute approximate surface area is 78.4 Å². The molecule has 0 aliphatic carbocycles. The van der Waals surface area contributed by atoms with E-state index < -0.39 is 0 Å². The van der Waals surface area contributed by atoms with E-state index in [1.54, 1.807) is 7.11 Å². The minimum absolute atomic E-state index is 0.536. The van der Waals surface area contributed by atoms with Gasteiger partial charge in [0.1, 0.15) is 5.69 Å². The Morgan fingerprint density at radius 1 is 1.31 bits per heavy atom. The third-order valence-corrected chi connectivity index (χ3v) is 1.64. The Kier molecular flexibility index (Phi) is 3.17. The van der Waals surface area contributed by atoms with Crippen LogP contribution in [0.4, 0.5) is 0 Å². The number of ether oxygens (including phenoxy) is 1. The third-order valence-electron chi connectivity index (χ3n) is 1.64.